The molecule has 0 amide bonds. The Kier molecular flexibility index (Phi) is 6.92. The van der Waals surface area contributed by atoms with Crippen LogP contribution in [0.3, 0.4) is 0 Å². The van der Waals surface area contributed by atoms with Gasteiger partial charge in [0.25, 0.3) is 0 Å². The molecule has 0 heterocycles. The maximum atomic E-state index is 9.84. The van der Waals surface area contributed by atoms with Gasteiger partial charge in [-0.25, -0.2) is 4.79 Å². The molecule has 0 fully saturated rings. The van der Waals surface area contributed by atoms with E-state index >= 15 is 0 Å². The maximum absolute atomic E-state index is 9.84. The number of carbonyl (C=O) groups is 1. The topological polar surface area (TPSA) is 26.3 Å². The average molecular weight is 243 g/mol. The summed E-state index contributed by atoms with van der Waals surface area (Å²) in [5.41, 5.74) is 0. The molecular weight excluding hydrogens is 232 g/mol. The lowest BCUT2D eigenvalue weighted by molar-refractivity contribution is -0.134. The number of halogens is 1. The quantitative estimate of drug-likeness (QED) is 0.560. The van der Waals surface area contributed by atoms with Crippen LogP contribution in [0.4, 0.5) is 0 Å². The molecule has 13 heavy (non-hydrogen) atoms. The Morgan fingerprint density at radius 2 is 2.00 bits per heavy atom. The number of carbonyl (C=O) groups excluding carboxylic acids is 1. The minimum absolute atomic E-state index is 0.394. The first-order valence-corrected chi connectivity index (χ1v) is 4.41. The highest BCUT2D eigenvalue weighted by Gasteiger charge is 1.81. The Bertz CT molecular complexity index is 257. The van der Waals surface area contributed by atoms with E-state index in [0.29, 0.717) is 0 Å². The Morgan fingerprint density at radius 3 is 2.15 bits per heavy atom. The highest BCUT2D eigenvalue weighted by molar-refractivity contribution is 9.10. The zero-order valence-electron chi connectivity index (χ0n) is 7.37. The molecule has 0 aliphatic heterocycles. The predicted octanol–water partition coefficient (Wildman–Crippen LogP) is 2.79. The molecule has 0 N–H and O–H groups in total. The van der Waals surface area contributed by atoms with Crippen LogP contribution in [0.1, 0.15) is 0 Å². The van der Waals surface area contributed by atoms with Crippen molar-refractivity contribution < 1.29 is 9.53 Å². The zero-order chi connectivity index (χ0) is 10.1. The summed E-state index contributed by atoms with van der Waals surface area (Å²) < 4.78 is 5.28. The summed E-state index contributed by atoms with van der Waals surface area (Å²) >= 11 is 3.31. The number of benzene rings is 1. The Hall–Kier alpha value is -1.09. The van der Waals surface area contributed by atoms with Crippen LogP contribution in [0.15, 0.2) is 47.5 Å². The van der Waals surface area contributed by atoms with E-state index in [1.165, 1.54) is 7.11 Å². The van der Waals surface area contributed by atoms with Crippen molar-refractivity contribution >= 4 is 21.9 Å². The summed E-state index contributed by atoms with van der Waals surface area (Å²) in [5.74, 6) is -0.394. The standard InChI is InChI=1S/C6H5Br.C4H6O2/c7-6-4-2-1-3-5-6;1-3-4(5)6-2/h1-5H;3H,1H2,2H3. The summed E-state index contributed by atoms with van der Waals surface area (Å²) in [6, 6.07) is 9.97. The SMILES string of the molecule is Brc1ccccc1.C=CC(=O)OC. The number of methoxy groups -OCH3 is 1. The van der Waals surface area contributed by atoms with Crippen molar-refractivity contribution in [2.45, 2.75) is 0 Å². The summed E-state index contributed by atoms with van der Waals surface area (Å²) in [4.78, 5) is 9.84. The van der Waals surface area contributed by atoms with E-state index in [0.717, 1.165) is 10.5 Å². The van der Waals surface area contributed by atoms with Gasteiger partial charge in [-0.2, -0.15) is 0 Å². The van der Waals surface area contributed by atoms with Crippen LogP contribution in [-0.4, -0.2) is 13.1 Å². The molecule has 0 spiro atoms. The van der Waals surface area contributed by atoms with Gasteiger partial charge in [-0.05, 0) is 12.1 Å². The first-order chi connectivity index (χ1) is 6.20. The molecule has 2 nitrogen and oxygen atoms in total. The van der Waals surface area contributed by atoms with Crippen LogP contribution in [0.25, 0.3) is 0 Å². The van der Waals surface area contributed by atoms with Crippen molar-refractivity contribution in [3.05, 3.63) is 47.5 Å². The Morgan fingerprint density at radius 1 is 1.46 bits per heavy atom. The van der Waals surface area contributed by atoms with Crippen LogP contribution < -0.4 is 0 Å². The van der Waals surface area contributed by atoms with Crippen molar-refractivity contribution in [1.29, 1.82) is 0 Å². The molecule has 0 radical (unpaired) electrons. The third kappa shape index (κ3) is 7.28. The molecule has 1 rings (SSSR count). The summed E-state index contributed by atoms with van der Waals surface area (Å²) in [5, 5.41) is 0. The van der Waals surface area contributed by atoms with Crippen LogP contribution in [-0.2, 0) is 9.53 Å². The van der Waals surface area contributed by atoms with Gasteiger partial charge in [-0.3, -0.25) is 0 Å². The summed E-state index contributed by atoms with van der Waals surface area (Å²) in [6.45, 7) is 3.16. The normalized spacial score (nSPS) is 7.85. The number of esters is 1. The van der Waals surface area contributed by atoms with Crippen molar-refractivity contribution in [2.24, 2.45) is 0 Å². The van der Waals surface area contributed by atoms with E-state index in [9.17, 15) is 4.79 Å². The molecule has 0 atom stereocenters. The van der Waals surface area contributed by atoms with Gasteiger partial charge < -0.3 is 4.74 Å². The fourth-order valence-corrected chi connectivity index (χ4v) is 0.803. The van der Waals surface area contributed by atoms with E-state index < -0.39 is 5.97 Å². The van der Waals surface area contributed by atoms with Crippen LogP contribution in [0.2, 0.25) is 0 Å². The summed E-state index contributed by atoms with van der Waals surface area (Å²) in [6.07, 6.45) is 1.11. The smallest absolute Gasteiger partial charge is 0.329 e. The second-order valence-corrected chi connectivity index (χ2v) is 2.94. The minimum atomic E-state index is -0.394. The fraction of sp³-hybridized carbons (Fsp3) is 0.100. The lowest BCUT2D eigenvalue weighted by Gasteiger charge is -1.83. The molecule has 1 aromatic rings. The van der Waals surface area contributed by atoms with Crippen molar-refractivity contribution in [1.82, 2.24) is 0 Å². The van der Waals surface area contributed by atoms with Crippen molar-refractivity contribution in [3.63, 3.8) is 0 Å². The van der Waals surface area contributed by atoms with E-state index in [1.54, 1.807) is 0 Å². The lowest BCUT2D eigenvalue weighted by atomic mass is 10.4. The second kappa shape index (κ2) is 7.55. The molecular formula is C10H11BrO2. The van der Waals surface area contributed by atoms with Crippen LogP contribution in [0.5, 0.6) is 0 Å². The molecule has 0 aliphatic carbocycles. The fourth-order valence-electron chi connectivity index (χ4n) is 0.498. The molecule has 0 saturated carbocycles. The number of hydrogen-bond acceptors (Lipinski definition) is 2. The Labute approximate surface area is 86.4 Å². The number of rotatable bonds is 1. The zero-order valence-corrected chi connectivity index (χ0v) is 8.95. The Balaban J connectivity index is 0.000000226. The molecule has 0 aromatic heterocycles. The van der Waals surface area contributed by atoms with Gasteiger partial charge in [0.05, 0.1) is 7.11 Å². The van der Waals surface area contributed by atoms with E-state index in [4.69, 9.17) is 0 Å². The highest BCUT2D eigenvalue weighted by Crippen LogP contribution is 2.05. The molecule has 0 bridgehead atoms. The van der Waals surface area contributed by atoms with Crippen molar-refractivity contribution in [2.75, 3.05) is 7.11 Å². The van der Waals surface area contributed by atoms with Gasteiger partial charge in [-0.1, -0.05) is 40.7 Å². The van der Waals surface area contributed by atoms with Crippen LogP contribution in [0, 0.1) is 0 Å². The summed E-state index contributed by atoms with van der Waals surface area (Å²) in [7, 11) is 1.31. The van der Waals surface area contributed by atoms with Gasteiger partial charge in [0.15, 0.2) is 0 Å². The van der Waals surface area contributed by atoms with E-state index in [-0.39, 0.29) is 0 Å². The van der Waals surface area contributed by atoms with E-state index in [2.05, 4.69) is 27.2 Å². The first-order valence-electron chi connectivity index (χ1n) is 3.61. The number of ether oxygens (including phenoxy) is 1. The van der Waals surface area contributed by atoms with Gasteiger partial charge in [0, 0.05) is 10.5 Å². The van der Waals surface area contributed by atoms with Gasteiger partial charge >= 0.3 is 5.97 Å². The van der Waals surface area contributed by atoms with Gasteiger partial charge in [-0.15, -0.1) is 0 Å². The first kappa shape index (κ1) is 11.9. The molecule has 0 aliphatic rings. The van der Waals surface area contributed by atoms with Crippen LogP contribution >= 0.6 is 15.9 Å². The molecule has 70 valence electrons. The van der Waals surface area contributed by atoms with Gasteiger partial charge in [0.2, 0.25) is 0 Å². The number of hydrogen-bond donors (Lipinski definition) is 0. The monoisotopic (exact) mass is 242 g/mol. The molecule has 0 unspecified atom stereocenters. The highest BCUT2D eigenvalue weighted by atomic mass is 79.9. The maximum Gasteiger partial charge on any atom is 0.329 e. The van der Waals surface area contributed by atoms with E-state index in [1.807, 2.05) is 30.3 Å². The third-order valence-electron chi connectivity index (χ3n) is 1.10. The minimum Gasteiger partial charge on any atom is -0.466 e. The third-order valence-corrected chi connectivity index (χ3v) is 1.63. The predicted molar refractivity (Wildman–Crippen MR) is 56.4 cm³/mol. The van der Waals surface area contributed by atoms with Crippen molar-refractivity contribution in [3.8, 4) is 0 Å². The molecule has 1 aromatic carbocycles. The second-order valence-electron chi connectivity index (χ2n) is 2.02. The molecule has 3 heteroatoms. The lowest BCUT2D eigenvalue weighted by Crippen LogP contribution is -1.91. The van der Waals surface area contributed by atoms with Gasteiger partial charge in [0.1, 0.15) is 0 Å². The average Bonchev–Trinajstić information content (AvgIpc) is 2.19. The largest absolute Gasteiger partial charge is 0.466 e. The molecule has 0 saturated heterocycles.